The molecule has 1 aromatic carbocycles. The maximum atomic E-state index is 12.0. The van der Waals surface area contributed by atoms with Gasteiger partial charge in [-0.1, -0.05) is 36.4 Å². The Hall–Kier alpha value is -3.74. The molecule has 0 atom stereocenters. The molecule has 0 spiro atoms. The monoisotopic (exact) mass is 376 g/mol. The third kappa shape index (κ3) is 5.63. The lowest BCUT2D eigenvalue weighted by Crippen LogP contribution is -2.36. The Morgan fingerprint density at radius 1 is 0.893 bits per heavy atom. The van der Waals surface area contributed by atoms with Crippen molar-refractivity contribution in [3.05, 3.63) is 84.3 Å². The number of benzene rings is 1. The van der Waals surface area contributed by atoms with Gasteiger partial charge in [-0.15, -0.1) is 0 Å². The molecule has 0 unspecified atom stereocenters. The van der Waals surface area contributed by atoms with Gasteiger partial charge < -0.3 is 15.4 Å². The summed E-state index contributed by atoms with van der Waals surface area (Å²) >= 11 is 0. The minimum atomic E-state index is -0.641. The van der Waals surface area contributed by atoms with Crippen molar-refractivity contribution in [2.24, 2.45) is 0 Å². The van der Waals surface area contributed by atoms with Crippen molar-refractivity contribution in [1.82, 2.24) is 20.6 Å². The highest BCUT2D eigenvalue weighted by Crippen LogP contribution is 2.19. The van der Waals surface area contributed by atoms with Crippen LogP contribution in [0.25, 0.3) is 11.3 Å². The molecule has 2 aromatic heterocycles. The maximum absolute atomic E-state index is 12.0. The second-order valence-electron chi connectivity index (χ2n) is 5.94. The number of alkyl carbamates (subject to hydrolysis) is 1. The molecule has 3 rings (SSSR count). The molecule has 28 heavy (non-hydrogen) atoms. The molecule has 7 heteroatoms. The molecule has 0 saturated heterocycles. The maximum Gasteiger partial charge on any atom is 0.407 e. The third-order valence-electron chi connectivity index (χ3n) is 3.93. The zero-order valence-corrected chi connectivity index (χ0v) is 15.2. The zero-order chi connectivity index (χ0) is 19.6. The van der Waals surface area contributed by atoms with E-state index in [9.17, 15) is 9.59 Å². The number of nitrogens with zero attached hydrogens (tertiary/aromatic N) is 2. The van der Waals surface area contributed by atoms with Gasteiger partial charge >= 0.3 is 6.09 Å². The Balaban J connectivity index is 1.45. The summed E-state index contributed by atoms with van der Waals surface area (Å²) in [6, 6.07) is 16.7. The summed E-state index contributed by atoms with van der Waals surface area (Å²) in [5, 5.41) is 5.21. The first-order valence-electron chi connectivity index (χ1n) is 8.78. The number of hydrogen-bond acceptors (Lipinski definition) is 5. The number of hydrogen-bond donors (Lipinski definition) is 2. The van der Waals surface area contributed by atoms with E-state index in [1.807, 2.05) is 54.6 Å². The molecule has 3 aromatic rings. The molecule has 0 fully saturated rings. The van der Waals surface area contributed by atoms with E-state index in [0.717, 1.165) is 22.4 Å². The second-order valence-corrected chi connectivity index (χ2v) is 5.94. The van der Waals surface area contributed by atoms with E-state index >= 15 is 0 Å². The SMILES string of the molecule is O=C(CNC(=O)OCc1ccccc1)NCc1cccnc1-c1ccncc1. The van der Waals surface area contributed by atoms with Gasteiger partial charge in [0.25, 0.3) is 0 Å². The van der Waals surface area contributed by atoms with Gasteiger partial charge in [0, 0.05) is 30.7 Å². The zero-order valence-electron chi connectivity index (χ0n) is 15.2. The van der Waals surface area contributed by atoms with E-state index in [1.54, 1.807) is 18.6 Å². The Kier molecular flexibility index (Phi) is 6.67. The van der Waals surface area contributed by atoms with Gasteiger partial charge in [-0.2, -0.15) is 0 Å². The normalized spacial score (nSPS) is 10.1. The number of aromatic nitrogens is 2. The van der Waals surface area contributed by atoms with Crippen LogP contribution < -0.4 is 10.6 Å². The predicted octanol–water partition coefficient (Wildman–Crippen LogP) is 2.69. The third-order valence-corrected chi connectivity index (χ3v) is 3.93. The lowest BCUT2D eigenvalue weighted by molar-refractivity contribution is -0.120. The van der Waals surface area contributed by atoms with E-state index in [4.69, 9.17) is 4.74 Å². The second kappa shape index (κ2) is 9.82. The van der Waals surface area contributed by atoms with Crippen LogP contribution in [0.1, 0.15) is 11.1 Å². The fourth-order valence-electron chi connectivity index (χ4n) is 2.53. The molecule has 7 nitrogen and oxygen atoms in total. The number of pyridine rings is 2. The summed E-state index contributed by atoms with van der Waals surface area (Å²) in [5.41, 5.74) is 3.44. The molecule has 0 aliphatic heterocycles. The summed E-state index contributed by atoms with van der Waals surface area (Å²) in [6.07, 6.45) is 4.44. The summed E-state index contributed by atoms with van der Waals surface area (Å²) < 4.78 is 5.07. The molecule has 0 saturated carbocycles. The van der Waals surface area contributed by atoms with Crippen molar-refractivity contribution in [3.63, 3.8) is 0 Å². The van der Waals surface area contributed by atoms with Crippen LogP contribution in [-0.4, -0.2) is 28.5 Å². The van der Waals surface area contributed by atoms with E-state index in [-0.39, 0.29) is 19.1 Å². The predicted molar refractivity (Wildman–Crippen MR) is 104 cm³/mol. The molecule has 2 N–H and O–H groups in total. The Morgan fingerprint density at radius 3 is 2.46 bits per heavy atom. The molecule has 0 aliphatic rings. The van der Waals surface area contributed by atoms with E-state index in [1.165, 1.54) is 0 Å². The lowest BCUT2D eigenvalue weighted by atomic mass is 10.1. The smallest absolute Gasteiger partial charge is 0.407 e. The number of rotatable bonds is 7. The first kappa shape index (κ1) is 19.0. The van der Waals surface area contributed by atoms with Crippen molar-refractivity contribution in [1.29, 1.82) is 0 Å². The van der Waals surface area contributed by atoms with E-state index in [2.05, 4.69) is 20.6 Å². The van der Waals surface area contributed by atoms with Crippen molar-refractivity contribution in [2.45, 2.75) is 13.2 Å². The van der Waals surface area contributed by atoms with Crippen molar-refractivity contribution < 1.29 is 14.3 Å². The summed E-state index contributed by atoms with van der Waals surface area (Å²) in [7, 11) is 0. The number of ether oxygens (including phenoxy) is 1. The van der Waals surface area contributed by atoms with Crippen LogP contribution in [0.15, 0.2) is 73.2 Å². The van der Waals surface area contributed by atoms with Gasteiger partial charge in [-0.05, 0) is 29.3 Å². The van der Waals surface area contributed by atoms with Gasteiger partial charge in [0.2, 0.25) is 5.91 Å². The van der Waals surface area contributed by atoms with Crippen LogP contribution in [0.4, 0.5) is 4.79 Å². The van der Waals surface area contributed by atoms with E-state index in [0.29, 0.717) is 6.54 Å². The van der Waals surface area contributed by atoms with Gasteiger partial charge in [0.1, 0.15) is 13.2 Å². The quantitative estimate of drug-likeness (QED) is 0.661. The molecule has 142 valence electrons. The molecule has 2 amide bonds. The molecular weight excluding hydrogens is 356 g/mol. The highest BCUT2D eigenvalue weighted by atomic mass is 16.5. The Morgan fingerprint density at radius 2 is 1.68 bits per heavy atom. The van der Waals surface area contributed by atoms with Crippen molar-refractivity contribution in [2.75, 3.05) is 6.54 Å². The number of carbonyl (C=O) groups excluding carboxylic acids is 2. The molecule has 0 aliphatic carbocycles. The molecule has 0 radical (unpaired) electrons. The first-order chi connectivity index (χ1) is 13.7. The average molecular weight is 376 g/mol. The molecule has 2 heterocycles. The van der Waals surface area contributed by atoms with Gasteiger partial charge in [0.15, 0.2) is 0 Å². The van der Waals surface area contributed by atoms with Crippen LogP contribution in [0.3, 0.4) is 0 Å². The summed E-state index contributed by atoms with van der Waals surface area (Å²) in [6.45, 7) is 0.281. The largest absolute Gasteiger partial charge is 0.445 e. The van der Waals surface area contributed by atoms with Gasteiger partial charge in [0.05, 0.1) is 5.69 Å². The Bertz CT molecular complexity index is 917. The van der Waals surface area contributed by atoms with Crippen LogP contribution in [0, 0.1) is 0 Å². The lowest BCUT2D eigenvalue weighted by Gasteiger charge is -2.10. The van der Waals surface area contributed by atoms with Crippen LogP contribution in [0.2, 0.25) is 0 Å². The minimum absolute atomic E-state index is 0.152. The van der Waals surface area contributed by atoms with Crippen LogP contribution in [-0.2, 0) is 22.7 Å². The summed E-state index contributed by atoms with van der Waals surface area (Å²) in [4.78, 5) is 32.1. The minimum Gasteiger partial charge on any atom is -0.445 e. The fourth-order valence-corrected chi connectivity index (χ4v) is 2.53. The first-order valence-corrected chi connectivity index (χ1v) is 8.78. The highest BCUT2D eigenvalue weighted by molar-refractivity contribution is 5.82. The summed E-state index contributed by atoms with van der Waals surface area (Å²) in [5.74, 6) is -0.318. The standard InChI is InChI=1S/C21H20N4O3/c26-19(14-25-21(27)28-15-16-5-2-1-3-6-16)24-13-18-7-4-10-23-20(18)17-8-11-22-12-9-17/h1-12H,13-15H2,(H,24,26)(H,25,27). The molecular formula is C21H20N4O3. The van der Waals surface area contributed by atoms with Crippen LogP contribution in [0.5, 0.6) is 0 Å². The van der Waals surface area contributed by atoms with E-state index < -0.39 is 6.09 Å². The van der Waals surface area contributed by atoms with Crippen LogP contribution >= 0.6 is 0 Å². The van der Waals surface area contributed by atoms with Crippen molar-refractivity contribution in [3.8, 4) is 11.3 Å². The average Bonchev–Trinajstić information content (AvgIpc) is 2.76. The van der Waals surface area contributed by atoms with Crippen molar-refractivity contribution >= 4 is 12.0 Å². The number of amides is 2. The molecule has 0 bridgehead atoms. The Labute approximate surface area is 162 Å². The van der Waals surface area contributed by atoms with Gasteiger partial charge in [-0.25, -0.2) is 4.79 Å². The fraction of sp³-hybridized carbons (Fsp3) is 0.143. The highest BCUT2D eigenvalue weighted by Gasteiger charge is 2.09. The number of carbonyl (C=O) groups is 2. The van der Waals surface area contributed by atoms with Gasteiger partial charge in [-0.3, -0.25) is 14.8 Å². The topological polar surface area (TPSA) is 93.2 Å². The number of nitrogens with one attached hydrogen (secondary N) is 2.